The first-order valence-electron chi connectivity index (χ1n) is 4.67. The molecule has 2 heterocycles. The first kappa shape index (κ1) is 13.0. The van der Waals surface area contributed by atoms with Crippen LogP contribution in [0.15, 0.2) is 41.3 Å². The van der Waals surface area contributed by atoms with Gasteiger partial charge in [0.1, 0.15) is 5.15 Å². The van der Waals surface area contributed by atoms with E-state index in [1.165, 1.54) is 0 Å². The Bertz CT molecular complexity index is 400. The number of hydrogen-bond donors (Lipinski definition) is 1. The SMILES string of the molecule is Cl.Clc1ccc(CNCc2ccoc2)cn1. The maximum Gasteiger partial charge on any atom is 0.129 e. The Labute approximate surface area is 105 Å². The minimum atomic E-state index is 0. The third-order valence-electron chi connectivity index (χ3n) is 2.03. The summed E-state index contributed by atoms with van der Waals surface area (Å²) < 4.78 is 4.96. The molecule has 0 aliphatic heterocycles. The smallest absolute Gasteiger partial charge is 0.129 e. The van der Waals surface area contributed by atoms with E-state index in [0.29, 0.717) is 5.15 Å². The largest absolute Gasteiger partial charge is 0.472 e. The lowest BCUT2D eigenvalue weighted by atomic mass is 10.3. The molecule has 5 heteroatoms. The number of nitrogens with one attached hydrogen (secondary N) is 1. The average molecular weight is 259 g/mol. The van der Waals surface area contributed by atoms with Gasteiger partial charge in [-0.3, -0.25) is 0 Å². The van der Waals surface area contributed by atoms with Crippen LogP contribution in [0.5, 0.6) is 0 Å². The van der Waals surface area contributed by atoms with Crippen molar-refractivity contribution in [3.63, 3.8) is 0 Å². The summed E-state index contributed by atoms with van der Waals surface area (Å²) in [6.07, 6.45) is 5.17. The minimum Gasteiger partial charge on any atom is -0.472 e. The van der Waals surface area contributed by atoms with E-state index in [-0.39, 0.29) is 12.4 Å². The molecule has 2 aromatic rings. The van der Waals surface area contributed by atoms with E-state index in [0.717, 1.165) is 24.2 Å². The molecule has 3 nitrogen and oxygen atoms in total. The van der Waals surface area contributed by atoms with E-state index in [4.69, 9.17) is 16.0 Å². The molecule has 2 rings (SSSR count). The minimum absolute atomic E-state index is 0. The second-order valence-electron chi connectivity index (χ2n) is 3.22. The van der Waals surface area contributed by atoms with E-state index in [1.807, 2.05) is 12.1 Å². The Morgan fingerprint density at radius 2 is 2.00 bits per heavy atom. The van der Waals surface area contributed by atoms with E-state index < -0.39 is 0 Å². The van der Waals surface area contributed by atoms with Gasteiger partial charge in [-0.25, -0.2) is 4.98 Å². The lowest BCUT2D eigenvalue weighted by Crippen LogP contribution is -2.12. The molecule has 0 bridgehead atoms. The highest BCUT2D eigenvalue weighted by molar-refractivity contribution is 6.29. The molecule has 86 valence electrons. The van der Waals surface area contributed by atoms with Gasteiger partial charge in [0.15, 0.2) is 0 Å². The molecule has 0 aliphatic carbocycles. The number of halogens is 2. The zero-order valence-electron chi connectivity index (χ0n) is 8.52. The highest BCUT2D eigenvalue weighted by Crippen LogP contribution is 2.05. The molecule has 0 fully saturated rings. The van der Waals surface area contributed by atoms with Gasteiger partial charge in [0.25, 0.3) is 0 Å². The molecule has 0 radical (unpaired) electrons. The molecule has 0 aromatic carbocycles. The Morgan fingerprint density at radius 3 is 2.62 bits per heavy atom. The molecule has 2 aromatic heterocycles. The van der Waals surface area contributed by atoms with Gasteiger partial charge in [-0.2, -0.15) is 0 Å². The zero-order chi connectivity index (χ0) is 10.5. The summed E-state index contributed by atoms with van der Waals surface area (Å²) in [6, 6.07) is 5.68. The van der Waals surface area contributed by atoms with E-state index in [9.17, 15) is 0 Å². The normalized spacial score (nSPS) is 9.81. The number of furan rings is 1. The maximum atomic E-state index is 5.68. The van der Waals surface area contributed by atoms with Crippen molar-refractivity contribution in [1.82, 2.24) is 10.3 Å². The van der Waals surface area contributed by atoms with Crippen molar-refractivity contribution in [3.8, 4) is 0 Å². The molecule has 1 N–H and O–H groups in total. The number of aromatic nitrogens is 1. The van der Waals surface area contributed by atoms with Gasteiger partial charge in [-0.1, -0.05) is 17.7 Å². The average Bonchev–Trinajstić information content (AvgIpc) is 2.74. The summed E-state index contributed by atoms with van der Waals surface area (Å²) in [5.74, 6) is 0. The molecule has 0 amide bonds. The van der Waals surface area contributed by atoms with Crippen LogP contribution in [0, 0.1) is 0 Å². The van der Waals surface area contributed by atoms with Crippen LogP contribution in [-0.4, -0.2) is 4.98 Å². The van der Waals surface area contributed by atoms with Gasteiger partial charge in [0, 0.05) is 24.8 Å². The fourth-order valence-corrected chi connectivity index (χ4v) is 1.37. The molecule has 16 heavy (non-hydrogen) atoms. The second-order valence-corrected chi connectivity index (χ2v) is 3.61. The van der Waals surface area contributed by atoms with E-state index in [1.54, 1.807) is 24.8 Å². The Morgan fingerprint density at radius 1 is 1.19 bits per heavy atom. The van der Waals surface area contributed by atoms with Gasteiger partial charge in [-0.15, -0.1) is 12.4 Å². The van der Waals surface area contributed by atoms with Crippen LogP contribution in [0.25, 0.3) is 0 Å². The van der Waals surface area contributed by atoms with E-state index in [2.05, 4.69) is 10.3 Å². The monoisotopic (exact) mass is 258 g/mol. The number of nitrogens with zero attached hydrogens (tertiary/aromatic N) is 1. The van der Waals surface area contributed by atoms with Gasteiger partial charge < -0.3 is 9.73 Å². The van der Waals surface area contributed by atoms with Crippen LogP contribution in [0.3, 0.4) is 0 Å². The lowest BCUT2D eigenvalue weighted by Gasteiger charge is -2.02. The summed E-state index contributed by atoms with van der Waals surface area (Å²) in [6.45, 7) is 1.56. The van der Waals surface area contributed by atoms with Crippen molar-refractivity contribution in [2.24, 2.45) is 0 Å². The summed E-state index contributed by atoms with van der Waals surface area (Å²) >= 11 is 5.68. The Balaban J connectivity index is 0.00000128. The molecule has 0 aliphatic rings. The van der Waals surface area contributed by atoms with Gasteiger partial charge in [0.05, 0.1) is 12.5 Å². The van der Waals surface area contributed by atoms with Gasteiger partial charge in [0.2, 0.25) is 0 Å². The molecule has 0 spiro atoms. The predicted octanol–water partition coefficient (Wildman–Crippen LogP) is 3.04. The summed E-state index contributed by atoms with van der Waals surface area (Å²) in [7, 11) is 0. The van der Waals surface area contributed by atoms with Crippen LogP contribution >= 0.6 is 24.0 Å². The quantitative estimate of drug-likeness (QED) is 0.857. The first-order chi connectivity index (χ1) is 7.34. The third kappa shape index (κ3) is 3.85. The molecular weight excluding hydrogens is 247 g/mol. The predicted molar refractivity (Wildman–Crippen MR) is 65.7 cm³/mol. The third-order valence-corrected chi connectivity index (χ3v) is 2.25. The van der Waals surface area contributed by atoms with Crippen molar-refractivity contribution in [2.45, 2.75) is 13.1 Å². The van der Waals surface area contributed by atoms with E-state index >= 15 is 0 Å². The summed E-state index contributed by atoms with van der Waals surface area (Å²) in [4.78, 5) is 4.00. The molecule has 0 saturated heterocycles. The molecule has 0 atom stereocenters. The highest BCUT2D eigenvalue weighted by atomic mass is 35.5. The van der Waals surface area contributed by atoms with Crippen LogP contribution in [-0.2, 0) is 13.1 Å². The molecular formula is C11H12Cl2N2O. The van der Waals surface area contributed by atoms with Crippen molar-refractivity contribution in [1.29, 1.82) is 0 Å². The zero-order valence-corrected chi connectivity index (χ0v) is 10.1. The fraction of sp³-hybridized carbons (Fsp3) is 0.182. The Kier molecular flexibility index (Phi) is 5.32. The van der Waals surface area contributed by atoms with Gasteiger partial charge >= 0.3 is 0 Å². The number of hydrogen-bond acceptors (Lipinski definition) is 3. The fourth-order valence-electron chi connectivity index (χ4n) is 1.26. The number of pyridine rings is 1. The Hall–Kier alpha value is -1.03. The van der Waals surface area contributed by atoms with Crippen LogP contribution < -0.4 is 5.32 Å². The number of rotatable bonds is 4. The topological polar surface area (TPSA) is 38.1 Å². The van der Waals surface area contributed by atoms with Gasteiger partial charge in [-0.05, 0) is 17.7 Å². The summed E-state index contributed by atoms with van der Waals surface area (Å²) in [5.41, 5.74) is 2.25. The lowest BCUT2D eigenvalue weighted by molar-refractivity contribution is 0.560. The van der Waals surface area contributed by atoms with Crippen molar-refractivity contribution >= 4 is 24.0 Å². The van der Waals surface area contributed by atoms with Crippen molar-refractivity contribution < 1.29 is 4.42 Å². The maximum absolute atomic E-state index is 5.68. The summed E-state index contributed by atoms with van der Waals surface area (Å²) in [5, 5.41) is 3.80. The van der Waals surface area contributed by atoms with Crippen LogP contribution in [0.4, 0.5) is 0 Å². The van der Waals surface area contributed by atoms with Crippen LogP contribution in [0.2, 0.25) is 5.15 Å². The highest BCUT2D eigenvalue weighted by Gasteiger charge is 1.95. The van der Waals surface area contributed by atoms with Crippen LogP contribution in [0.1, 0.15) is 11.1 Å². The second kappa shape index (κ2) is 6.53. The molecule has 0 unspecified atom stereocenters. The standard InChI is InChI=1S/C11H11ClN2O.ClH/c12-11-2-1-9(7-14-11)5-13-6-10-3-4-15-8-10;/h1-4,7-8,13H,5-6H2;1H. The van der Waals surface area contributed by atoms with Crippen molar-refractivity contribution in [3.05, 3.63) is 53.2 Å². The van der Waals surface area contributed by atoms with Crippen molar-refractivity contribution in [2.75, 3.05) is 0 Å². The molecule has 0 saturated carbocycles. The first-order valence-corrected chi connectivity index (χ1v) is 5.04.